The molecule has 1 heteroatoms. The first-order valence-corrected chi connectivity index (χ1v) is 5.16. The number of rotatable bonds is 4. The molecule has 0 bridgehead atoms. The summed E-state index contributed by atoms with van der Waals surface area (Å²) in [5.41, 5.74) is 2.41. The van der Waals surface area contributed by atoms with Crippen LogP contribution in [0.3, 0.4) is 0 Å². The van der Waals surface area contributed by atoms with Gasteiger partial charge in [-0.15, -0.1) is 0 Å². The molecule has 14 heavy (non-hydrogen) atoms. The molecular formula is C13H19N. The van der Waals surface area contributed by atoms with Crippen LogP contribution < -0.4 is 0 Å². The molecule has 1 saturated heterocycles. The first-order valence-electron chi connectivity index (χ1n) is 5.16. The fourth-order valence-electron chi connectivity index (χ4n) is 1.56. The molecule has 0 N–H and O–H groups in total. The summed E-state index contributed by atoms with van der Waals surface area (Å²) in [5.74, 6) is 0. The quantitative estimate of drug-likeness (QED) is 0.613. The van der Waals surface area contributed by atoms with Gasteiger partial charge in [0.2, 0.25) is 0 Å². The van der Waals surface area contributed by atoms with Crippen LogP contribution >= 0.6 is 0 Å². The molecule has 0 saturated carbocycles. The number of nitrogens with zero attached hydrogens (tertiary/aromatic N) is 1. The fraction of sp³-hybridized carbons (Fsp3) is 0.385. The zero-order chi connectivity index (χ0) is 10.4. The topological polar surface area (TPSA) is 3.24 Å². The molecule has 0 amide bonds. The summed E-state index contributed by atoms with van der Waals surface area (Å²) in [4.78, 5) is 2.37. The SMILES string of the molecule is C=C/C(C)=C\C=C(/C=C)N1CCCC1. The highest BCUT2D eigenvalue weighted by Crippen LogP contribution is 2.15. The maximum absolute atomic E-state index is 3.84. The van der Waals surface area contributed by atoms with Crippen molar-refractivity contribution in [2.45, 2.75) is 19.8 Å². The van der Waals surface area contributed by atoms with Gasteiger partial charge in [-0.2, -0.15) is 0 Å². The Balaban J connectivity index is 2.69. The Morgan fingerprint density at radius 1 is 1.07 bits per heavy atom. The third-order valence-corrected chi connectivity index (χ3v) is 2.52. The fourth-order valence-corrected chi connectivity index (χ4v) is 1.56. The summed E-state index contributed by atoms with van der Waals surface area (Å²) < 4.78 is 0. The highest BCUT2D eigenvalue weighted by molar-refractivity contribution is 5.27. The molecule has 0 unspecified atom stereocenters. The van der Waals surface area contributed by atoms with E-state index in [9.17, 15) is 0 Å². The van der Waals surface area contributed by atoms with Gasteiger partial charge in [-0.1, -0.05) is 30.9 Å². The molecule has 0 spiro atoms. The first kappa shape index (κ1) is 10.8. The molecule has 1 aliphatic rings. The Labute approximate surface area is 87.1 Å². The van der Waals surface area contributed by atoms with Gasteiger partial charge in [-0.3, -0.25) is 0 Å². The Bertz CT molecular complexity index is 265. The standard InChI is InChI=1S/C13H19N/c1-4-12(3)8-9-13(5-2)14-10-6-7-11-14/h4-5,8-9H,1-2,6-7,10-11H2,3H3/b12-8-,13-9+. The summed E-state index contributed by atoms with van der Waals surface area (Å²) in [5, 5.41) is 0. The van der Waals surface area contributed by atoms with Crippen LogP contribution in [0, 0.1) is 0 Å². The van der Waals surface area contributed by atoms with E-state index in [1.165, 1.54) is 37.2 Å². The second-order valence-corrected chi connectivity index (χ2v) is 3.60. The monoisotopic (exact) mass is 189 g/mol. The maximum Gasteiger partial charge on any atom is 0.0360 e. The smallest absolute Gasteiger partial charge is 0.0360 e. The molecule has 0 aliphatic carbocycles. The highest BCUT2D eigenvalue weighted by Gasteiger charge is 2.11. The zero-order valence-corrected chi connectivity index (χ0v) is 9.00. The van der Waals surface area contributed by atoms with Crippen LogP contribution in [-0.2, 0) is 0 Å². The molecule has 76 valence electrons. The second-order valence-electron chi connectivity index (χ2n) is 3.60. The lowest BCUT2D eigenvalue weighted by Crippen LogP contribution is -2.16. The molecule has 1 fully saturated rings. The van der Waals surface area contributed by atoms with Gasteiger partial charge in [0.15, 0.2) is 0 Å². The van der Waals surface area contributed by atoms with E-state index in [1.807, 2.05) is 19.1 Å². The number of hydrogen-bond acceptors (Lipinski definition) is 1. The predicted molar refractivity (Wildman–Crippen MR) is 63.0 cm³/mol. The Hall–Kier alpha value is -1.24. The van der Waals surface area contributed by atoms with Crippen molar-refractivity contribution in [1.82, 2.24) is 4.90 Å². The minimum absolute atomic E-state index is 1.17. The van der Waals surface area contributed by atoms with E-state index < -0.39 is 0 Å². The predicted octanol–water partition coefficient (Wildman–Crippen LogP) is 3.28. The van der Waals surface area contributed by atoms with Gasteiger partial charge in [0.05, 0.1) is 0 Å². The van der Waals surface area contributed by atoms with Crippen molar-refractivity contribution in [2.24, 2.45) is 0 Å². The number of allylic oxidation sites excluding steroid dienone is 5. The van der Waals surface area contributed by atoms with Crippen LogP contribution in [0.2, 0.25) is 0 Å². The summed E-state index contributed by atoms with van der Waals surface area (Å²) in [6, 6.07) is 0. The van der Waals surface area contributed by atoms with Crippen LogP contribution in [0.4, 0.5) is 0 Å². The number of hydrogen-bond donors (Lipinski definition) is 0. The average molecular weight is 189 g/mol. The third-order valence-electron chi connectivity index (χ3n) is 2.52. The first-order chi connectivity index (χ1) is 6.77. The van der Waals surface area contributed by atoms with E-state index in [-0.39, 0.29) is 0 Å². The van der Waals surface area contributed by atoms with Crippen LogP contribution in [0.5, 0.6) is 0 Å². The molecule has 0 atom stereocenters. The Morgan fingerprint density at radius 2 is 1.71 bits per heavy atom. The van der Waals surface area contributed by atoms with Crippen molar-refractivity contribution < 1.29 is 0 Å². The number of likely N-dealkylation sites (tertiary alicyclic amines) is 1. The van der Waals surface area contributed by atoms with Gasteiger partial charge in [0.1, 0.15) is 0 Å². The molecule has 1 rings (SSSR count). The molecule has 0 aromatic rings. The Morgan fingerprint density at radius 3 is 2.21 bits per heavy atom. The summed E-state index contributed by atoms with van der Waals surface area (Å²) in [6.45, 7) is 12.0. The average Bonchev–Trinajstić information content (AvgIpc) is 2.72. The van der Waals surface area contributed by atoms with Gasteiger partial charge in [0, 0.05) is 18.8 Å². The zero-order valence-electron chi connectivity index (χ0n) is 9.00. The summed E-state index contributed by atoms with van der Waals surface area (Å²) in [6.07, 6.45) is 10.6. The van der Waals surface area contributed by atoms with Gasteiger partial charge < -0.3 is 4.90 Å². The van der Waals surface area contributed by atoms with Crippen molar-refractivity contribution in [3.05, 3.63) is 48.7 Å². The molecule has 1 aliphatic heterocycles. The molecule has 0 aromatic heterocycles. The lowest BCUT2D eigenvalue weighted by molar-refractivity contribution is 0.441. The van der Waals surface area contributed by atoms with E-state index in [0.717, 1.165) is 0 Å². The van der Waals surface area contributed by atoms with E-state index in [4.69, 9.17) is 0 Å². The summed E-state index contributed by atoms with van der Waals surface area (Å²) in [7, 11) is 0. The van der Waals surface area contributed by atoms with Crippen molar-refractivity contribution in [1.29, 1.82) is 0 Å². The van der Waals surface area contributed by atoms with Gasteiger partial charge in [0.25, 0.3) is 0 Å². The van der Waals surface area contributed by atoms with E-state index in [1.54, 1.807) is 0 Å². The van der Waals surface area contributed by atoms with E-state index in [0.29, 0.717) is 0 Å². The lowest BCUT2D eigenvalue weighted by atomic mass is 10.2. The molecule has 0 radical (unpaired) electrons. The highest BCUT2D eigenvalue weighted by atomic mass is 15.1. The lowest BCUT2D eigenvalue weighted by Gasteiger charge is -2.17. The Kier molecular flexibility index (Phi) is 4.24. The van der Waals surface area contributed by atoms with Crippen LogP contribution in [0.25, 0.3) is 0 Å². The minimum atomic E-state index is 1.17. The largest absolute Gasteiger partial charge is 0.372 e. The van der Waals surface area contributed by atoms with Crippen molar-refractivity contribution in [3.8, 4) is 0 Å². The van der Waals surface area contributed by atoms with E-state index >= 15 is 0 Å². The molecule has 1 heterocycles. The molecular weight excluding hydrogens is 170 g/mol. The van der Waals surface area contributed by atoms with Crippen molar-refractivity contribution >= 4 is 0 Å². The van der Waals surface area contributed by atoms with Crippen molar-refractivity contribution in [2.75, 3.05) is 13.1 Å². The summed E-state index contributed by atoms with van der Waals surface area (Å²) >= 11 is 0. The van der Waals surface area contributed by atoms with Gasteiger partial charge in [-0.05, 0) is 31.9 Å². The normalized spacial score (nSPS) is 18.5. The molecule has 1 nitrogen and oxygen atoms in total. The third kappa shape index (κ3) is 2.91. The van der Waals surface area contributed by atoms with Crippen LogP contribution in [0.15, 0.2) is 48.7 Å². The maximum atomic E-state index is 3.84. The molecule has 0 aromatic carbocycles. The van der Waals surface area contributed by atoms with Crippen LogP contribution in [0.1, 0.15) is 19.8 Å². The minimum Gasteiger partial charge on any atom is -0.372 e. The van der Waals surface area contributed by atoms with E-state index in [2.05, 4.69) is 30.2 Å². The van der Waals surface area contributed by atoms with Crippen LogP contribution in [-0.4, -0.2) is 18.0 Å². The second kappa shape index (κ2) is 5.48. The van der Waals surface area contributed by atoms with Gasteiger partial charge >= 0.3 is 0 Å². The van der Waals surface area contributed by atoms with Crippen molar-refractivity contribution in [3.63, 3.8) is 0 Å². The van der Waals surface area contributed by atoms with Gasteiger partial charge in [-0.25, -0.2) is 0 Å².